The fourth-order valence-electron chi connectivity index (χ4n) is 1.95. The smallest absolute Gasteiger partial charge is 0.120 e. The van der Waals surface area contributed by atoms with Crippen molar-refractivity contribution in [2.45, 2.75) is 33.5 Å². The highest BCUT2D eigenvalue weighted by molar-refractivity contribution is 7.09. The molecule has 98 valence electrons. The lowest BCUT2D eigenvalue weighted by molar-refractivity contribution is 0.281. The number of hydrogen-bond donors (Lipinski definition) is 1. The summed E-state index contributed by atoms with van der Waals surface area (Å²) in [6, 6.07) is 2.06. The van der Waals surface area contributed by atoms with Crippen LogP contribution >= 0.6 is 11.3 Å². The van der Waals surface area contributed by atoms with Crippen molar-refractivity contribution in [2.24, 2.45) is 5.73 Å². The van der Waals surface area contributed by atoms with Crippen molar-refractivity contribution < 1.29 is 4.42 Å². The molecular weight excluding hydrogens is 246 g/mol. The SMILES string of the molecule is Cc1nc(CN(C)Cc2cc(C)c(CN)o2)cs1. The fraction of sp³-hybridized carbons (Fsp3) is 0.462. The zero-order valence-electron chi connectivity index (χ0n) is 11.1. The first-order chi connectivity index (χ1) is 8.58. The largest absolute Gasteiger partial charge is 0.463 e. The number of aryl methyl sites for hydroxylation is 2. The standard InChI is InChI=1S/C13H19N3OS/c1-9-4-12(17-13(9)5-14)7-16(3)6-11-8-18-10(2)15-11/h4,8H,5-7,14H2,1-3H3. The Morgan fingerprint density at radius 3 is 2.72 bits per heavy atom. The van der Waals surface area contributed by atoms with Crippen LogP contribution in [0.1, 0.15) is 27.8 Å². The first-order valence-corrected chi connectivity index (χ1v) is 6.84. The average molecular weight is 265 g/mol. The third-order valence-electron chi connectivity index (χ3n) is 2.78. The molecule has 0 aromatic carbocycles. The molecule has 2 aromatic heterocycles. The second-order valence-corrected chi connectivity index (χ2v) is 5.62. The minimum Gasteiger partial charge on any atom is -0.463 e. The maximum Gasteiger partial charge on any atom is 0.120 e. The highest BCUT2D eigenvalue weighted by atomic mass is 32.1. The second-order valence-electron chi connectivity index (χ2n) is 4.55. The molecule has 2 heterocycles. The quantitative estimate of drug-likeness (QED) is 0.902. The van der Waals surface area contributed by atoms with Crippen molar-refractivity contribution in [3.63, 3.8) is 0 Å². The van der Waals surface area contributed by atoms with Crippen molar-refractivity contribution in [3.05, 3.63) is 39.2 Å². The van der Waals surface area contributed by atoms with Gasteiger partial charge >= 0.3 is 0 Å². The molecule has 0 aliphatic carbocycles. The van der Waals surface area contributed by atoms with Crippen LogP contribution in [0, 0.1) is 13.8 Å². The van der Waals surface area contributed by atoms with Crippen LogP contribution in [0.2, 0.25) is 0 Å². The molecule has 0 saturated heterocycles. The van der Waals surface area contributed by atoms with Gasteiger partial charge in [0.15, 0.2) is 0 Å². The fourth-order valence-corrected chi connectivity index (χ4v) is 2.55. The summed E-state index contributed by atoms with van der Waals surface area (Å²) in [7, 11) is 2.06. The molecule has 0 fully saturated rings. The molecule has 0 spiro atoms. The Bertz CT molecular complexity index is 518. The van der Waals surface area contributed by atoms with Crippen LogP contribution in [0.15, 0.2) is 15.9 Å². The van der Waals surface area contributed by atoms with Crippen LogP contribution in [0.3, 0.4) is 0 Å². The Morgan fingerprint density at radius 1 is 1.39 bits per heavy atom. The van der Waals surface area contributed by atoms with E-state index in [1.807, 2.05) is 13.8 Å². The zero-order chi connectivity index (χ0) is 13.1. The normalized spacial score (nSPS) is 11.4. The van der Waals surface area contributed by atoms with Crippen molar-refractivity contribution in [1.29, 1.82) is 0 Å². The Hall–Kier alpha value is -1.17. The van der Waals surface area contributed by atoms with Crippen molar-refractivity contribution in [3.8, 4) is 0 Å². The highest BCUT2D eigenvalue weighted by Gasteiger charge is 2.09. The van der Waals surface area contributed by atoms with E-state index in [1.54, 1.807) is 11.3 Å². The molecule has 0 aliphatic rings. The lowest BCUT2D eigenvalue weighted by atomic mass is 10.2. The Morgan fingerprint density at radius 2 is 2.17 bits per heavy atom. The van der Waals surface area contributed by atoms with Gasteiger partial charge in [-0.2, -0.15) is 0 Å². The minimum atomic E-state index is 0.459. The molecule has 0 amide bonds. The molecule has 4 nitrogen and oxygen atoms in total. The van der Waals surface area contributed by atoms with E-state index >= 15 is 0 Å². The summed E-state index contributed by atoms with van der Waals surface area (Å²) < 4.78 is 5.69. The Balaban J connectivity index is 1.96. The predicted octanol–water partition coefficient (Wildman–Crippen LogP) is 2.44. The molecule has 0 radical (unpaired) electrons. The predicted molar refractivity (Wildman–Crippen MR) is 73.4 cm³/mol. The van der Waals surface area contributed by atoms with Gasteiger partial charge < -0.3 is 10.2 Å². The number of thiazole rings is 1. The second kappa shape index (κ2) is 5.65. The van der Waals surface area contributed by atoms with Crippen LogP contribution in [-0.4, -0.2) is 16.9 Å². The van der Waals surface area contributed by atoms with Crippen molar-refractivity contribution >= 4 is 11.3 Å². The van der Waals surface area contributed by atoms with Gasteiger partial charge in [0.05, 0.1) is 23.8 Å². The lowest BCUT2D eigenvalue weighted by Gasteiger charge is -2.13. The summed E-state index contributed by atoms with van der Waals surface area (Å²) >= 11 is 1.69. The Labute approximate surface area is 111 Å². The summed E-state index contributed by atoms with van der Waals surface area (Å²) in [4.78, 5) is 6.65. The first-order valence-electron chi connectivity index (χ1n) is 5.96. The van der Waals surface area contributed by atoms with Crippen LogP contribution in [0.5, 0.6) is 0 Å². The molecule has 0 bridgehead atoms. The number of rotatable bonds is 5. The van der Waals surface area contributed by atoms with Crippen LogP contribution < -0.4 is 5.73 Å². The van der Waals surface area contributed by atoms with Gasteiger partial charge in [0.2, 0.25) is 0 Å². The van der Waals surface area contributed by atoms with Gasteiger partial charge in [-0.15, -0.1) is 11.3 Å². The monoisotopic (exact) mass is 265 g/mol. The van der Waals surface area contributed by atoms with Gasteiger partial charge in [-0.05, 0) is 32.5 Å². The molecule has 0 saturated carbocycles. The van der Waals surface area contributed by atoms with Crippen molar-refractivity contribution in [2.75, 3.05) is 7.05 Å². The molecule has 0 aliphatic heterocycles. The third kappa shape index (κ3) is 3.19. The lowest BCUT2D eigenvalue weighted by Crippen LogP contribution is -2.17. The van der Waals surface area contributed by atoms with E-state index < -0.39 is 0 Å². The van der Waals surface area contributed by atoms with E-state index in [4.69, 9.17) is 10.2 Å². The number of nitrogens with zero attached hydrogens (tertiary/aromatic N) is 2. The third-order valence-corrected chi connectivity index (χ3v) is 3.60. The van der Waals surface area contributed by atoms with E-state index in [0.29, 0.717) is 6.54 Å². The Kier molecular flexibility index (Phi) is 4.16. The molecule has 2 aromatic rings. The maximum absolute atomic E-state index is 5.69. The van der Waals surface area contributed by atoms with Gasteiger partial charge in [-0.25, -0.2) is 4.98 Å². The van der Waals surface area contributed by atoms with Crippen molar-refractivity contribution in [1.82, 2.24) is 9.88 Å². The summed E-state index contributed by atoms with van der Waals surface area (Å²) in [5.41, 5.74) is 7.85. The first kappa shape index (κ1) is 13.3. The molecule has 0 atom stereocenters. The summed E-state index contributed by atoms with van der Waals surface area (Å²) in [5, 5.41) is 3.21. The van der Waals surface area contributed by atoms with E-state index in [2.05, 4.69) is 28.4 Å². The molecular formula is C13H19N3OS. The minimum absolute atomic E-state index is 0.459. The molecule has 0 unspecified atom stereocenters. The van der Waals surface area contributed by atoms with E-state index in [-0.39, 0.29) is 0 Å². The van der Waals surface area contributed by atoms with E-state index in [1.165, 1.54) is 0 Å². The summed E-state index contributed by atoms with van der Waals surface area (Å²) in [6.45, 7) is 6.12. The van der Waals surface area contributed by atoms with Crippen LogP contribution in [-0.2, 0) is 19.6 Å². The summed E-state index contributed by atoms with van der Waals surface area (Å²) in [6.07, 6.45) is 0. The maximum atomic E-state index is 5.69. The van der Waals surface area contributed by atoms with Crippen LogP contribution in [0.25, 0.3) is 0 Å². The number of furan rings is 1. The topological polar surface area (TPSA) is 55.3 Å². The summed E-state index contributed by atoms with van der Waals surface area (Å²) in [5.74, 6) is 1.84. The van der Waals surface area contributed by atoms with Crippen LogP contribution in [0.4, 0.5) is 0 Å². The van der Waals surface area contributed by atoms with Gasteiger partial charge in [0, 0.05) is 11.9 Å². The number of hydrogen-bond acceptors (Lipinski definition) is 5. The zero-order valence-corrected chi connectivity index (χ0v) is 11.9. The van der Waals surface area contributed by atoms with Gasteiger partial charge in [-0.1, -0.05) is 0 Å². The highest BCUT2D eigenvalue weighted by Crippen LogP contribution is 2.16. The molecule has 2 N–H and O–H groups in total. The average Bonchev–Trinajstić information content (AvgIpc) is 2.85. The molecule has 18 heavy (non-hydrogen) atoms. The number of aromatic nitrogens is 1. The van der Waals surface area contributed by atoms with Gasteiger partial charge in [-0.3, -0.25) is 4.90 Å². The van der Waals surface area contributed by atoms with Gasteiger partial charge in [0.25, 0.3) is 0 Å². The molecule has 5 heteroatoms. The van der Waals surface area contributed by atoms with Gasteiger partial charge in [0.1, 0.15) is 11.5 Å². The molecule has 2 rings (SSSR count). The van der Waals surface area contributed by atoms with E-state index in [9.17, 15) is 0 Å². The number of nitrogens with two attached hydrogens (primary N) is 1. The van der Waals surface area contributed by atoms with E-state index in [0.717, 1.165) is 40.9 Å².